The van der Waals surface area contributed by atoms with E-state index in [-0.39, 0.29) is 11.3 Å². The number of alkyl halides is 4. The number of halogens is 4. The van der Waals surface area contributed by atoms with Crippen molar-refractivity contribution >= 4 is 0 Å². The number of rotatable bonds is 3. The zero-order valence-corrected chi connectivity index (χ0v) is 7.68. The van der Waals surface area contributed by atoms with Crippen LogP contribution in [0.1, 0.15) is 5.56 Å². The Morgan fingerprint density at radius 3 is 2.47 bits per heavy atom. The second kappa shape index (κ2) is 3.96. The summed E-state index contributed by atoms with van der Waals surface area (Å²) < 4.78 is 52.4. The smallest absolute Gasteiger partial charge is 0.461 e. The molecule has 0 aromatic heterocycles. The van der Waals surface area contributed by atoms with Gasteiger partial charge < -0.3 is 9.84 Å². The van der Waals surface area contributed by atoms with Gasteiger partial charge in [0.05, 0.1) is 0 Å². The number of hydrogen-bond acceptors (Lipinski definition) is 2. The van der Waals surface area contributed by atoms with Crippen molar-refractivity contribution in [3.63, 3.8) is 0 Å². The van der Waals surface area contributed by atoms with Gasteiger partial charge in [0.15, 0.2) is 0 Å². The normalized spacial score (nSPS) is 11.9. The average molecular weight is 224 g/mol. The summed E-state index contributed by atoms with van der Waals surface area (Å²) in [7, 11) is 0. The fourth-order valence-corrected chi connectivity index (χ4v) is 0.890. The molecular formula is C9H8F4O2. The quantitative estimate of drug-likeness (QED) is 0.800. The lowest BCUT2D eigenvalue weighted by Gasteiger charge is -2.18. The van der Waals surface area contributed by atoms with E-state index in [4.69, 9.17) is 5.11 Å². The lowest BCUT2D eigenvalue weighted by molar-refractivity contribution is -0.253. The molecule has 0 saturated heterocycles. The van der Waals surface area contributed by atoms with Crippen LogP contribution in [0.15, 0.2) is 18.2 Å². The van der Waals surface area contributed by atoms with Gasteiger partial charge in [-0.1, -0.05) is 6.07 Å². The molecule has 15 heavy (non-hydrogen) atoms. The van der Waals surface area contributed by atoms with E-state index >= 15 is 0 Å². The summed E-state index contributed by atoms with van der Waals surface area (Å²) in [5, 5.41) is 8.96. The number of phenolic OH excluding ortho intramolecular Hbond substituents is 1. The second-order valence-electron chi connectivity index (χ2n) is 2.91. The Kier molecular flexibility index (Phi) is 3.06. The molecule has 84 valence electrons. The molecule has 0 bridgehead atoms. The number of aromatic hydroxyl groups is 1. The van der Waals surface area contributed by atoms with E-state index in [0.29, 0.717) is 0 Å². The van der Waals surface area contributed by atoms with Crippen LogP contribution in [0.25, 0.3) is 0 Å². The standard InChI is InChI=1S/C9H8F4O2/c1-5-2-3-6(14)4-7(5)15-9(12,13)8(10)11/h2-4,8,14H,1H3. The highest BCUT2D eigenvalue weighted by atomic mass is 19.3. The van der Waals surface area contributed by atoms with E-state index in [9.17, 15) is 17.6 Å². The molecule has 6 heteroatoms. The Morgan fingerprint density at radius 1 is 1.33 bits per heavy atom. The third kappa shape index (κ3) is 2.74. The summed E-state index contributed by atoms with van der Waals surface area (Å²) in [5.41, 5.74) is 0.230. The van der Waals surface area contributed by atoms with E-state index in [2.05, 4.69) is 4.74 Å². The Morgan fingerprint density at radius 2 is 1.93 bits per heavy atom. The molecule has 2 nitrogen and oxygen atoms in total. The van der Waals surface area contributed by atoms with Crippen molar-refractivity contribution < 1.29 is 27.4 Å². The molecule has 0 unspecified atom stereocenters. The van der Waals surface area contributed by atoms with E-state index < -0.39 is 18.3 Å². The molecule has 0 spiro atoms. The molecule has 0 aliphatic rings. The molecule has 1 aromatic carbocycles. The third-order valence-electron chi connectivity index (χ3n) is 1.67. The Bertz CT molecular complexity index is 352. The summed E-state index contributed by atoms with van der Waals surface area (Å²) >= 11 is 0. The van der Waals surface area contributed by atoms with Crippen LogP contribution in [-0.4, -0.2) is 17.6 Å². The molecule has 0 amide bonds. The monoisotopic (exact) mass is 224 g/mol. The average Bonchev–Trinajstić information content (AvgIpc) is 2.10. The molecule has 0 heterocycles. The summed E-state index contributed by atoms with van der Waals surface area (Å²) in [6.45, 7) is 1.40. The minimum Gasteiger partial charge on any atom is -0.508 e. The third-order valence-corrected chi connectivity index (χ3v) is 1.67. The van der Waals surface area contributed by atoms with Crippen LogP contribution in [0.5, 0.6) is 11.5 Å². The van der Waals surface area contributed by atoms with Gasteiger partial charge in [-0.2, -0.15) is 17.6 Å². The van der Waals surface area contributed by atoms with Crippen molar-refractivity contribution in [3.8, 4) is 11.5 Å². The molecular weight excluding hydrogens is 216 g/mol. The highest BCUT2D eigenvalue weighted by Gasteiger charge is 2.44. The van der Waals surface area contributed by atoms with Crippen molar-refractivity contribution in [3.05, 3.63) is 23.8 Å². The number of aryl methyl sites for hydroxylation is 1. The van der Waals surface area contributed by atoms with Gasteiger partial charge in [-0.05, 0) is 18.6 Å². The van der Waals surface area contributed by atoms with Crippen molar-refractivity contribution in [2.24, 2.45) is 0 Å². The van der Waals surface area contributed by atoms with Crippen LogP contribution < -0.4 is 4.74 Å². The summed E-state index contributed by atoms with van der Waals surface area (Å²) in [4.78, 5) is 0. The maximum atomic E-state index is 12.5. The molecule has 0 atom stereocenters. The first-order valence-corrected chi connectivity index (χ1v) is 3.97. The Balaban J connectivity index is 2.94. The molecule has 0 radical (unpaired) electrons. The summed E-state index contributed by atoms with van der Waals surface area (Å²) in [6.07, 6.45) is -8.47. The molecule has 1 rings (SSSR count). The Hall–Kier alpha value is -1.46. The predicted molar refractivity (Wildman–Crippen MR) is 44.4 cm³/mol. The molecule has 0 fully saturated rings. The highest BCUT2D eigenvalue weighted by molar-refractivity contribution is 5.39. The largest absolute Gasteiger partial charge is 0.508 e. The van der Waals surface area contributed by atoms with E-state index in [1.54, 1.807) is 0 Å². The number of hydrogen-bond donors (Lipinski definition) is 1. The van der Waals surface area contributed by atoms with Crippen LogP contribution >= 0.6 is 0 Å². The molecule has 1 aromatic rings. The van der Waals surface area contributed by atoms with Crippen LogP contribution in [0, 0.1) is 6.92 Å². The first-order chi connectivity index (χ1) is 6.83. The molecule has 0 aliphatic heterocycles. The van der Waals surface area contributed by atoms with E-state index in [0.717, 1.165) is 6.07 Å². The van der Waals surface area contributed by atoms with Gasteiger partial charge in [0.2, 0.25) is 0 Å². The van der Waals surface area contributed by atoms with Gasteiger partial charge in [0.25, 0.3) is 0 Å². The molecule has 0 aliphatic carbocycles. The van der Waals surface area contributed by atoms with Gasteiger partial charge in [-0.15, -0.1) is 0 Å². The van der Waals surface area contributed by atoms with E-state index in [1.807, 2.05) is 0 Å². The topological polar surface area (TPSA) is 29.5 Å². The first kappa shape index (κ1) is 11.6. The molecule has 0 saturated carbocycles. The Labute approximate surface area is 83.1 Å². The fourth-order valence-electron chi connectivity index (χ4n) is 0.890. The number of benzene rings is 1. The highest BCUT2D eigenvalue weighted by Crippen LogP contribution is 2.31. The van der Waals surface area contributed by atoms with Crippen molar-refractivity contribution in [1.29, 1.82) is 0 Å². The SMILES string of the molecule is Cc1ccc(O)cc1OC(F)(F)C(F)F. The van der Waals surface area contributed by atoms with Crippen LogP contribution in [0.3, 0.4) is 0 Å². The number of phenols is 1. The predicted octanol–water partition coefficient (Wildman–Crippen LogP) is 2.94. The van der Waals surface area contributed by atoms with Crippen molar-refractivity contribution in [2.45, 2.75) is 19.5 Å². The number of ether oxygens (including phenoxy) is 1. The lowest BCUT2D eigenvalue weighted by Crippen LogP contribution is -2.33. The summed E-state index contributed by atoms with van der Waals surface area (Å²) in [6, 6.07) is 3.38. The van der Waals surface area contributed by atoms with Crippen LogP contribution in [0.2, 0.25) is 0 Å². The van der Waals surface area contributed by atoms with Crippen molar-refractivity contribution in [1.82, 2.24) is 0 Å². The minimum atomic E-state index is -4.56. The zero-order valence-electron chi connectivity index (χ0n) is 7.68. The van der Waals surface area contributed by atoms with Gasteiger partial charge in [-0.3, -0.25) is 0 Å². The van der Waals surface area contributed by atoms with Gasteiger partial charge in [-0.25, -0.2) is 0 Å². The maximum Gasteiger partial charge on any atom is 0.461 e. The fraction of sp³-hybridized carbons (Fsp3) is 0.333. The van der Waals surface area contributed by atoms with Crippen LogP contribution in [-0.2, 0) is 0 Å². The lowest BCUT2D eigenvalue weighted by atomic mass is 10.2. The van der Waals surface area contributed by atoms with Gasteiger partial charge in [0, 0.05) is 6.07 Å². The second-order valence-corrected chi connectivity index (χ2v) is 2.91. The molecule has 1 N–H and O–H groups in total. The van der Waals surface area contributed by atoms with Gasteiger partial charge >= 0.3 is 12.5 Å². The first-order valence-electron chi connectivity index (χ1n) is 3.97. The summed E-state index contributed by atoms with van der Waals surface area (Å²) in [5.74, 6) is -0.805. The zero-order chi connectivity index (χ0) is 11.6. The van der Waals surface area contributed by atoms with Crippen LogP contribution in [0.4, 0.5) is 17.6 Å². The maximum absolute atomic E-state index is 12.5. The van der Waals surface area contributed by atoms with E-state index in [1.165, 1.54) is 19.1 Å². The van der Waals surface area contributed by atoms with Crippen molar-refractivity contribution in [2.75, 3.05) is 0 Å². The minimum absolute atomic E-state index is 0.230. The van der Waals surface area contributed by atoms with Gasteiger partial charge in [0.1, 0.15) is 11.5 Å².